The van der Waals surface area contributed by atoms with Crippen LogP contribution in [0.25, 0.3) is 0 Å². The van der Waals surface area contributed by atoms with Crippen LogP contribution in [0, 0.1) is 6.92 Å². The largest absolute Gasteiger partial charge is 0.484 e. The van der Waals surface area contributed by atoms with Crippen molar-refractivity contribution in [3.05, 3.63) is 63.9 Å². The Bertz CT molecular complexity index is 985. The molecule has 0 radical (unpaired) electrons. The topological polar surface area (TPSA) is 72.3 Å². The minimum atomic E-state index is -0.232. The summed E-state index contributed by atoms with van der Waals surface area (Å²) >= 11 is 1.86. The average Bonchev–Trinajstić information content (AvgIpc) is 3.29. The summed E-state index contributed by atoms with van der Waals surface area (Å²) in [5, 5.41) is 11.7. The number of thiophene rings is 1. The van der Waals surface area contributed by atoms with Crippen LogP contribution < -0.4 is 10.1 Å². The molecule has 0 saturated carbocycles. The van der Waals surface area contributed by atoms with Crippen molar-refractivity contribution in [3.63, 3.8) is 0 Å². The SMILES string of the molecule is Cc1ccc(CN2CCc3nnc(C(C)NC(=O)COc4ccccc4)n3CC2)s1. The van der Waals surface area contributed by atoms with Crippen LogP contribution in [0.2, 0.25) is 0 Å². The number of benzene rings is 1. The number of rotatable bonds is 7. The molecule has 0 fully saturated rings. The molecule has 8 heteroatoms. The first-order valence-electron chi connectivity index (χ1n) is 10.3. The molecule has 0 aliphatic carbocycles. The number of aromatic nitrogens is 3. The van der Waals surface area contributed by atoms with Gasteiger partial charge in [0.1, 0.15) is 11.6 Å². The number of fused-ring (bicyclic) bond motifs is 1. The maximum atomic E-state index is 12.3. The van der Waals surface area contributed by atoms with Crippen molar-refractivity contribution in [1.82, 2.24) is 25.0 Å². The van der Waals surface area contributed by atoms with Crippen molar-refractivity contribution in [2.24, 2.45) is 0 Å². The predicted molar refractivity (Wildman–Crippen MR) is 117 cm³/mol. The Morgan fingerprint density at radius 1 is 1.17 bits per heavy atom. The van der Waals surface area contributed by atoms with E-state index in [4.69, 9.17) is 4.74 Å². The van der Waals surface area contributed by atoms with Crippen molar-refractivity contribution >= 4 is 17.2 Å². The molecule has 7 nitrogen and oxygen atoms in total. The molecule has 1 amide bonds. The standard InChI is InChI=1S/C22H27N5O2S/c1-16-8-9-19(30-16)14-26-11-10-20-24-25-22(27(20)13-12-26)17(2)23-21(28)15-29-18-6-4-3-5-7-18/h3-9,17H,10-15H2,1-2H3,(H,23,28). The van der Waals surface area contributed by atoms with Gasteiger partial charge in [0.2, 0.25) is 0 Å². The molecule has 1 unspecified atom stereocenters. The third-order valence-corrected chi connectivity index (χ3v) is 6.19. The minimum Gasteiger partial charge on any atom is -0.484 e. The summed E-state index contributed by atoms with van der Waals surface area (Å²) in [4.78, 5) is 17.5. The van der Waals surface area contributed by atoms with Gasteiger partial charge < -0.3 is 14.6 Å². The highest BCUT2D eigenvalue weighted by atomic mass is 32.1. The maximum absolute atomic E-state index is 12.3. The number of carbonyl (C=O) groups excluding carboxylic acids is 1. The third-order valence-electron chi connectivity index (χ3n) is 5.20. The third kappa shape index (κ3) is 5.06. The van der Waals surface area contributed by atoms with E-state index >= 15 is 0 Å². The van der Waals surface area contributed by atoms with E-state index < -0.39 is 0 Å². The van der Waals surface area contributed by atoms with Crippen molar-refractivity contribution in [2.45, 2.75) is 39.4 Å². The fraction of sp³-hybridized carbons (Fsp3) is 0.409. The molecule has 30 heavy (non-hydrogen) atoms. The molecule has 0 saturated heterocycles. The van der Waals surface area contributed by atoms with Crippen LogP contribution in [-0.2, 0) is 24.3 Å². The zero-order chi connectivity index (χ0) is 20.9. The quantitative estimate of drug-likeness (QED) is 0.630. The zero-order valence-corrected chi connectivity index (χ0v) is 18.2. The fourth-order valence-corrected chi connectivity index (χ4v) is 4.60. The molecule has 3 aromatic rings. The molecule has 0 bridgehead atoms. The Kier molecular flexibility index (Phi) is 6.44. The summed E-state index contributed by atoms with van der Waals surface area (Å²) < 4.78 is 7.69. The van der Waals surface area contributed by atoms with E-state index in [1.807, 2.05) is 48.6 Å². The molecule has 1 aliphatic heterocycles. The lowest BCUT2D eigenvalue weighted by Gasteiger charge is -2.19. The molecule has 0 spiro atoms. The maximum Gasteiger partial charge on any atom is 0.258 e. The monoisotopic (exact) mass is 425 g/mol. The second kappa shape index (κ2) is 9.40. The van der Waals surface area contributed by atoms with E-state index in [1.54, 1.807) is 0 Å². The van der Waals surface area contributed by atoms with E-state index in [2.05, 4.69) is 44.0 Å². The first-order valence-corrected chi connectivity index (χ1v) is 11.1. The normalized spacial score (nSPS) is 15.3. The predicted octanol–water partition coefficient (Wildman–Crippen LogP) is 2.96. The van der Waals surface area contributed by atoms with Gasteiger partial charge in [-0.25, -0.2) is 0 Å². The fourth-order valence-electron chi connectivity index (χ4n) is 3.67. The van der Waals surface area contributed by atoms with Gasteiger partial charge in [-0.05, 0) is 38.1 Å². The number of nitrogens with zero attached hydrogens (tertiary/aromatic N) is 4. The second-order valence-electron chi connectivity index (χ2n) is 7.56. The number of carbonyl (C=O) groups is 1. The smallest absolute Gasteiger partial charge is 0.258 e. The van der Waals surface area contributed by atoms with Gasteiger partial charge in [0, 0.05) is 42.4 Å². The Morgan fingerprint density at radius 3 is 2.77 bits per heavy atom. The number of ether oxygens (including phenoxy) is 1. The molecule has 1 aromatic carbocycles. The highest BCUT2D eigenvalue weighted by Crippen LogP contribution is 2.20. The second-order valence-corrected chi connectivity index (χ2v) is 8.93. The summed E-state index contributed by atoms with van der Waals surface area (Å²) in [5.41, 5.74) is 0. The van der Waals surface area contributed by atoms with Crippen molar-refractivity contribution < 1.29 is 9.53 Å². The van der Waals surface area contributed by atoms with Gasteiger partial charge >= 0.3 is 0 Å². The zero-order valence-electron chi connectivity index (χ0n) is 17.4. The lowest BCUT2D eigenvalue weighted by molar-refractivity contribution is -0.123. The van der Waals surface area contributed by atoms with E-state index in [9.17, 15) is 4.79 Å². The van der Waals surface area contributed by atoms with Gasteiger partial charge in [-0.2, -0.15) is 0 Å². The Hall–Kier alpha value is -2.71. The van der Waals surface area contributed by atoms with Crippen LogP contribution in [0.5, 0.6) is 5.75 Å². The summed E-state index contributed by atoms with van der Waals surface area (Å²) in [7, 11) is 0. The Labute approximate surface area is 180 Å². The van der Waals surface area contributed by atoms with Crippen LogP contribution in [0.15, 0.2) is 42.5 Å². The number of hydrogen-bond donors (Lipinski definition) is 1. The van der Waals surface area contributed by atoms with Crippen LogP contribution in [0.4, 0.5) is 0 Å². The number of hydrogen-bond acceptors (Lipinski definition) is 6. The number of aryl methyl sites for hydroxylation is 1. The molecular weight excluding hydrogens is 398 g/mol. The molecule has 1 aliphatic rings. The van der Waals surface area contributed by atoms with Gasteiger partial charge in [0.25, 0.3) is 5.91 Å². The van der Waals surface area contributed by atoms with Gasteiger partial charge in [-0.3, -0.25) is 9.69 Å². The number of nitrogens with one attached hydrogen (secondary N) is 1. The van der Waals surface area contributed by atoms with Crippen molar-refractivity contribution in [3.8, 4) is 5.75 Å². The van der Waals surface area contributed by atoms with E-state index in [0.717, 1.165) is 44.2 Å². The van der Waals surface area contributed by atoms with Crippen LogP contribution >= 0.6 is 11.3 Å². The van der Waals surface area contributed by atoms with Crippen LogP contribution in [-0.4, -0.2) is 45.3 Å². The molecule has 158 valence electrons. The highest BCUT2D eigenvalue weighted by Gasteiger charge is 2.23. The average molecular weight is 426 g/mol. The lowest BCUT2D eigenvalue weighted by atomic mass is 10.3. The van der Waals surface area contributed by atoms with Crippen molar-refractivity contribution in [2.75, 3.05) is 19.7 Å². The Morgan fingerprint density at radius 2 is 2.00 bits per heavy atom. The Balaban J connectivity index is 1.33. The van der Waals surface area contributed by atoms with Crippen LogP contribution in [0.1, 0.15) is 34.4 Å². The number of amides is 1. The molecule has 2 aromatic heterocycles. The minimum absolute atomic E-state index is 0.0244. The van der Waals surface area contributed by atoms with Gasteiger partial charge in [-0.15, -0.1) is 21.5 Å². The lowest BCUT2D eigenvalue weighted by Crippen LogP contribution is -2.33. The van der Waals surface area contributed by atoms with Crippen LogP contribution in [0.3, 0.4) is 0 Å². The molecule has 1 atom stereocenters. The molecular formula is C22H27N5O2S. The van der Waals surface area contributed by atoms with Gasteiger partial charge in [0.15, 0.2) is 12.4 Å². The molecule has 4 rings (SSSR count). The summed E-state index contributed by atoms with van der Waals surface area (Å²) in [6, 6.07) is 13.5. The van der Waals surface area contributed by atoms with Gasteiger partial charge in [0.05, 0.1) is 6.04 Å². The first kappa shape index (κ1) is 20.6. The van der Waals surface area contributed by atoms with E-state index in [1.165, 1.54) is 9.75 Å². The summed E-state index contributed by atoms with van der Waals surface area (Å²) in [5.74, 6) is 2.29. The summed E-state index contributed by atoms with van der Waals surface area (Å²) in [6.45, 7) is 7.74. The van der Waals surface area contributed by atoms with E-state index in [-0.39, 0.29) is 18.6 Å². The highest BCUT2D eigenvalue weighted by molar-refractivity contribution is 7.11. The number of para-hydroxylation sites is 1. The van der Waals surface area contributed by atoms with Crippen molar-refractivity contribution in [1.29, 1.82) is 0 Å². The summed E-state index contributed by atoms with van der Waals surface area (Å²) in [6.07, 6.45) is 0.856. The van der Waals surface area contributed by atoms with E-state index in [0.29, 0.717) is 5.75 Å². The molecule has 1 N–H and O–H groups in total. The molecule has 3 heterocycles. The van der Waals surface area contributed by atoms with Gasteiger partial charge in [-0.1, -0.05) is 18.2 Å². The first-order chi connectivity index (χ1) is 14.6.